The highest BCUT2D eigenvalue weighted by Gasteiger charge is 2.32. The van der Waals surface area contributed by atoms with Gasteiger partial charge in [-0.3, -0.25) is 14.9 Å². The topological polar surface area (TPSA) is 73.3 Å². The Balaban J connectivity index is 2.88. The molecular weight excluding hydrogens is 218 g/mol. The summed E-state index contributed by atoms with van der Waals surface area (Å²) in [6.07, 6.45) is 1.44. The molecule has 5 nitrogen and oxygen atoms in total. The third-order valence-electron chi connectivity index (χ3n) is 1.89. The van der Waals surface area contributed by atoms with Crippen LogP contribution < -0.4 is 0 Å². The number of furan rings is 1. The molecule has 82 valence electrons. The molecule has 2 atom stereocenters. The van der Waals surface area contributed by atoms with Gasteiger partial charge in [-0.25, -0.2) is 0 Å². The largest absolute Gasteiger partial charge is 0.468 e. The molecule has 0 saturated carbocycles. The lowest BCUT2D eigenvalue weighted by atomic mass is 10.2. The predicted molar refractivity (Wildman–Crippen MR) is 56.2 cm³/mol. The minimum atomic E-state index is -0.856. The molecule has 1 heterocycles. The molecule has 0 fully saturated rings. The van der Waals surface area contributed by atoms with Crippen molar-refractivity contribution in [2.75, 3.05) is 0 Å². The van der Waals surface area contributed by atoms with Crippen LogP contribution in [-0.4, -0.2) is 16.1 Å². The van der Waals surface area contributed by atoms with Crippen LogP contribution in [0.3, 0.4) is 0 Å². The van der Waals surface area contributed by atoms with E-state index in [0.717, 1.165) is 11.8 Å². The smallest absolute Gasteiger partial charge is 0.229 e. The van der Waals surface area contributed by atoms with Crippen molar-refractivity contribution in [1.29, 1.82) is 0 Å². The van der Waals surface area contributed by atoms with Crippen LogP contribution in [0, 0.1) is 10.1 Å². The SMILES string of the molecule is CC(=O)S[C@@H](c1ccco1)[C@@H](C)[N+](=O)[O-]. The Hall–Kier alpha value is -1.30. The van der Waals surface area contributed by atoms with E-state index in [2.05, 4.69) is 0 Å². The molecule has 0 radical (unpaired) electrons. The summed E-state index contributed by atoms with van der Waals surface area (Å²) >= 11 is 0.919. The zero-order valence-electron chi connectivity index (χ0n) is 8.38. The highest BCUT2D eigenvalue weighted by Crippen LogP contribution is 2.33. The monoisotopic (exact) mass is 229 g/mol. The molecule has 0 saturated heterocycles. The van der Waals surface area contributed by atoms with Crippen molar-refractivity contribution in [1.82, 2.24) is 0 Å². The van der Waals surface area contributed by atoms with Gasteiger partial charge in [-0.2, -0.15) is 0 Å². The average Bonchev–Trinajstić information content (AvgIpc) is 2.65. The molecule has 0 unspecified atom stereocenters. The first-order valence-electron chi connectivity index (χ1n) is 4.36. The first kappa shape index (κ1) is 11.8. The van der Waals surface area contributed by atoms with Crippen LogP contribution in [0.25, 0.3) is 0 Å². The van der Waals surface area contributed by atoms with Gasteiger partial charge in [0.25, 0.3) is 0 Å². The van der Waals surface area contributed by atoms with E-state index in [1.54, 1.807) is 12.1 Å². The van der Waals surface area contributed by atoms with Gasteiger partial charge >= 0.3 is 0 Å². The predicted octanol–water partition coefficient (Wildman–Crippen LogP) is 2.27. The molecule has 15 heavy (non-hydrogen) atoms. The van der Waals surface area contributed by atoms with E-state index in [4.69, 9.17) is 4.42 Å². The van der Waals surface area contributed by atoms with Crippen LogP contribution in [0.5, 0.6) is 0 Å². The standard InChI is InChI=1S/C9H11NO4S/c1-6(10(12)13)9(15-7(2)11)8-4-3-5-14-8/h3-6,9H,1-2H3/t6-,9-/m1/s1. The normalized spacial score (nSPS) is 14.5. The highest BCUT2D eigenvalue weighted by atomic mass is 32.2. The fourth-order valence-electron chi connectivity index (χ4n) is 1.14. The van der Waals surface area contributed by atoms with E-state index in [9.17, 15) is 14.9 Å². The van der Waals surface area contributed by atoms with Gasteiger partial charge in [-0.15, -0.1) is 0 Å². The Morgan fingerprint density at radius 2 is 2.33 bits per heavy atom. The average molecular weight is 229 g/mol. The minimum Gasteiger partial charge on any atom is -0.468 e. The molecule has 0 N–H and O–H groups in total. The second-order valence-electron chi connectivity index (χ2n) is 3.07. The number of rotatable bonds is 4. The summed E-state index contributed by atoms with van der Waals surface area (Å²) in [6, 6.07) is 2.43. The van der Waals surface area contributed by atoms with Crippen molar-refractivity contribution in [2.45, 2.75) is 25.1 Å². The molecule has 0 aliphatic heterocycles. The zero-order valence-corrected chi connectivity index (χ0v) is 9.19. The van der Waals surface area contributed by atoms with Gasteiger partial charge in [-0.1, -0.05) is 11.8 Å². The fourth-order valence-corrected chi connectivity index (χ4v) is 2.04. The summed E-state index contributed by atoms with van der Waals surface area (Å²) in [5.74, 6) is 0.458. The lowest BCUT2D eigenvalue weighted by Crippen LogP contribution is -2.22. The van der Waals surface area contributed by atoms with Gasteiger partial charge in [-0.05, 0) is 12.1 Å². The third-order valence-corrected chi connectivity index (χ3v) is 3.10. The van der Waals surface area contributed by atoms with Crippen LogP contribution in [-0.2, 0) is 4.79 Å². The van der Waals surface area contributed by atoms with Crippen LogP contribution in [0.1, 0.15) is 24.9 Å². The number of carbonyl (C=O) groups excluding carboxylic acids is 1. The van der Waals surface area contributed by atoms with Gasteiger partial charge < -0.3 is 4.42 Å². The van der Waals surface area contributed by atoms with Crippen molar-refractivity contribution < 1.29 is 14.1 Å². The van der Waals surface area contributed by atoms with Crippen LogP contribution in [0.2, 0.25) is 0 Å². The molecule has 0 amide bonds. The molecule has 1 rings (SSSR count). The van der Waals surface area contributed by atoms with Gasteiger partial charge in [0.2, 0.25) is 6.04 Å². The Labute approximate surface area is 91.0 Å². The molecule has 0 aliphatic rings. The number of hydrogen-bond donors (Lipinski definition) is 0. The molecule has 0 aliphatic carbocycles. The highest BCUT2D eigenvalue weighted by molar-refractivity contribution is 8.13. The Bertz CT molecular complexity index is 349. The number of hydrogen-bond acceptors (Lipinski definition) is 5. The second-order valence-corrected chi connectivity index (χ2v) is 4.39. The Kier molecular flexibility index (Phi) is 3.90. The van der Waals surface area contributed by atoms with E-state index in [1.807, 2.05) is 0 Å². The van der Waals surface area contributed by atoms with Crippen LogP contribution in [0.15, 0.2) is 22.8 Å². The summed E-state index contributed by atoms with van der Waals surface area (Å²) in [5, 5.41) is 9.93. The zero-order chi connectivity index (χ0) is 11.4. The molecule has 1 aromatic heterocycles. The molecule has 0 bridgehead atoms. The van der Waals surface area contributed by atoms with Gasteiger partial charge in [0.15, 0.2) is 5.12 Å². The number of nitrogens with zero attached hydrogens (tertiary/aromatic N) is 1. The second kappa shape index (κ2) is 4.97. The van der Waals surface area contributed by atoms with Crippen LogP contribution >= 0.6 is 11.8 Å². The van der Waals surface area contributed by atoms with Gasteiger partial charge in [0.05, 0.1) is 6.26 Å². The maximum absolute atomic E-state index is 11.0. The lowest BCUT2D eigenvalue weighted by Gasteiger charge is -2.13. The van der Waals surface area contributed by atoms with Crippen molar-refractivity contribution in [2.24, 2.45) is 0 Å². The van der Waals surface area contributed by atoms with E-state index < -0.39 is 16.2 Å². The van der Waals surface area contributed by atoms with E-state index in [-0.39, 0.29) is 5.12 Å². The first-order valence-corrected chi connectivity index (χ1v) is 5.24. The Morgan fingerprint density at radius 3 is 2.73 bits per heavy atom. The van der Waals surface area contributed by atoms with Crippen molar-refractivity contribution in [3.63, 3.8) is 0 Å². The van der Waals surface area contributed by atoms with E-state index in [1.165, 1.54) is 20.1 Å². The molecule has 0 aromatic carbocycles. The number of thioether (sulfide) groups is 1. The summed E-state index contributed by atoms with van der Waals surface area (Å²) in [4.78, 5) is 21.2. The molecule has 0 spiro atoms. The summed E-state index contributed by atoms with van der Waals surface area (Å²) in [7, 11) is 0. The van der Waals surface area contributed by atoms with Crippen molar-refractivity contribution in [3.8, 4) is 0 Å². The third kappa shape index (κ3) is 3.09. The summed E-state index contributed by atoms with van der Waals surface area (Å²) in [6.45, 7) is 2.84. The molecular formula is C9H11NO4S. The molecule has 1 aromatic rings. The quantitative estimate of drug-likeness (QED) is 0.584. The minimum absolute atomic E-state index is 0.162. The van der Waals surface area contributed by atoms with Crippen molar-refractivity contribution in [3.05, 3.63) is 34.3 Å². The number of carbonyl (C=O) groups is 1. The maximum Gasteiger partial charge on any atom is 0.229 e. The summed E-state index contributed by atoms with van der Waals surface area (Å²) < 4.78 is 5.09. The lowest BCUT2D eigenvalue weighted by molar-refractivity contribution is -0.518. The first-order chi connectivity index (χ1) is 7.02. The van der Waals surface area contributed by atoms with Crippen molar-refractivity contribution >= 4 is 16.9 Å². The van der Waals surface area contributed by atoms with Crippen LogP contribution in [0.4, 0.5) is 0 Å². The van der Waals surface area contributed by atoms with Gasteiger partial charge in [0.1, 0.15) is 11.0 Å². The van der Waals surface area contributed by atoms with E-state index in [0.29, 0.717) is 5.76 Å². The molecule has 6 heteroatoms. The van der Waals surface area contributed by atoms with Gasteiger partial charge in [0, 0.05) is 18.8 Å². The summed E-state index contributed by atoms with van der Waals surface area (Å²) in [5.41, 5.74) is 0. The Morgan fingerprint density at radius 1 is 1.67 bits per heavy atom. The van der Waals surface area contributed by atoms with E-state index >= 15 is 0 Å². The fraction of sp³-hybridized carbons (Fsp3) is 0.444. The number of nitro groups is 1. The maximum atomic E-state index is 11.0.